The van der Waals surface area contributed by atoms with Crippen LogP contribution in [0.3, 0.4) is 0 Å². The van der Waals surface area contributed by atoms with Crippen molar-refractivity contribution in [1.82, 2.24) is 10.3 Å². The Morgan fingerprint density at radius 2 is 2.16 bits per heavy atom. The number of nitrogens with zero attached hydrogens (tertiary/aromatic N) is 1. The molecule has 0 aromatic carbocycles. The first kappa shape index (κ1) is 14.5. The molecule has 2 heterocycles. The Balaban J connectivity index is 1.80. The van der Waals surface area contributed by atoms with E-state index < -0.39 is 9.84 Å². The maximum atomic E-state index is 11.4. The van der Waals surface area contributed by atoms with Crippen LogP contribution in [0.5, 0.6) is 0 Å². The highest BCUT2D eigenvalue weighted by Gasteiger charge is 2.24. The van der Waals surface area contributed by atoms with Crippen molar-refractivity contribution < 1.29 is 12.8 Å². The molecule has 1 aromatic rings. The van der Waals surface area contributed by atoms with Gasteiger partial charge in [0.05, 0.1) is 17.2 Å². The lowest BCUT2D eigenvalue weighted by Gasteiger charge is -2.20. The average Bonchev–Trinajstić information content (AvgIpc) is 2.80. The molecule has 108 valence electrons. The van der Waals surface area contributed by atoms with Crippen molar-refractivity contribution in [3.8, 4) is 0 Å². The summed E-state index contributed by atoms with van der Waals surface area (Å²) in [5.74, 6) is 1.77. The van der Waals surface area contributed by atoms with Crippen LogP contribution in [0.15, 0.2) is 10.7 Å². The monoisotopic (exact) mass is 286 g/mol. The van der Waals surface area contributed by atoms with Crippen molar-refractivity contribution >= 4 is 9.84 Å². The third-order valence-corrected chi connectivity index (χ3v) is 5.31. The van der Waals surface area contributed by atoms with Crippen LogP contribution in [0, 0.1) is 5.92 Å². The summed E-state index contributed by atoms with van der Waals surface area (Å²) < 4.78 is 28.2. The van der Waals surface area contributed by atoms with Crippen molar-refractivity contribution in [3.05, 3.63) is 17.8 Å². The van der Waals surface area contributed by atoms with E-state index in [0.717, 1.165) is 50.2 Å². The summed E-state index contributed by atoms with van der Waals surface area (Å²) in [4.78, 5) is 4.47. The predicted octanol–water partition coefficient (Wildman–Crippen LogP) is 1.19. The number of aryl methyl sites for hydroxylation is 1. The predicted molar refractivity (Wildman–Crippen MR) is 73.8 cm³/mol. The summed E-state index contributed by atoms with van der Waals surface area (Å²) in [6, 6.07) is 0. The summed E-state index contributed by atoms with van der Waals surface area (Å²) >= 11 is 0. The van der Waals surface area contributed by atoms with Gasteiger partial charge in [-0.1, -0.05) is 0 Å². The van der Waals surface area contributed by atoms with Gasteiger partial charge >= 0.3 is 0 Å². The molecule has 1 aliphatic rings. The van der Waals surface area contributed by atoms with E-state index in [1.165, 1.54) is 0 Å². The molecule has 1 aliphatic heterocycles. The first-order valence-electron chi connectivity index (χ1n) is 6.87. The molecule has 1 N–H and O–H groups in total. The standard InChI is InChI=1S/C13H22N2O3S/c1-14-6-2-3-12-10-18-13(15-12)9-11-4-7-19(16,17)8-5-11/h10-11,14H,2-9H2,1H3. The number of nitrogens with one attached hydrogen (secondary N) is 1. The van der Waals surface area contributed by atoms with Crippen LogP contribution in [0.2, 0.25) is 0 Å². The van der Waals surface area contributed by atoms with Gasteiger partial charge in [-0.2, -0.15) is 0 Å². The fourth-order valence-electron chi connectivity index (χ4n) is 2.39. The van der Waals surface area contributed by atoms with E-state index in [4.69, 9.17) is 4.42 Å². The molecule has 1 fully saturated rings. The number of hydrogen-bond donors (Lipinski definition) is 1. The van der Waals surface area contributed by atoms with E-state index in [9.17, 15) is 8.42 Å². The maximum Gasteiger partial charge on any atom is 0.194 e. The van der Waals surface area contributed by atoms with Crippen LogP contribution < -0.4 is 5.32 Å². The molecule has 0 saturated carbocycles. The molecule has 0 spiro atoms. The summed E-state index contributed by atoms with van der Waals surface area (Å²) in [7, 11) is -0.840. The molecular weight excluding hydrogens is 264 g/mol. The molecule has 1 aromatic heterocycles. The third-order valence-electron chi connectivity index (χ3n) is 3.60. The molecule has 6 heteroatoms. The first-order valence-corrected chi connectivity index (χ1v) is 8.69. The number of hydrogen-bond acceptors (Lipinski definition) is 5. The smallest absolute Gasteiger partial charge is 0.194 e. The highest BCUT2D eigenvalue weighted by Crippen LogP contribution is 2.22. The van der Waals surface area contributed by atoms with Crippen LogP contribution in [-0.4, -0.2) is 38.5 Å². The molecule has 2 rings (SSSR count). The van der Waals surface area contributed by atoms with Gasteiger partial charge in [0.15, 0.2) is 5.89 Å². The average molecular weight is 286 g/mol. The van der Waals surface area contributed by atoms with E-state index >= 15 is 0 Å². The Morgan fingerprint density at radius 1 is 1.42 bits per heavy atom. The quantitative estimate of drug-likeness (QED) is 0.795. The number of sulfone groups is 1. The Hall–Kier alpha value is -0.880. The second kappa shape index (κ2) is 6.52. The Labute approximate surface area is 114 Å². The number of rotatable bonds is 6. The molecule has 0 bridgehead atoms. The van der Waals surface area contributed by atoms with Gasteiger partial charge < -0.3 is 9.73 Å². The molecule has 0 radical (unpaired) electrons. The fraction of sp³-hybridized carbons (Fsp3) is 0.769. The molecule has 1 saturated heterocycles. The summed E-state index contributed by atoms with van der Waals surface area (Å²) in [5.41, 5.74) is 0.994. The SMILES string of the molecule is CNCCCc1coc(CC2CCS(=O)(=O)CC2)n1. The van der Waals surface area contributed by atoms with Gasteiger partial charge in [-0.3, -0.25) is 0 Å². The van der Waals surface area contributed by atoms with Gasteiger partial charge in [0.1, 0.15) is 16.1 Å². The maximum absolute atomic E-state index is 11.4. The zero-order valence-electron chi connectivity index (χ0n) is 11.4. The molecule has 5 nitrogen and oxygen atoms in total. The van der Waals surface area contributed by atoms with Crippen molar-refractivity contribution in [3.63, 3.8) is 0 Å². The Morgan fingerprint density at radius 3 is 2.84 bits per heavy atom. The van der Waals surface area contributed by atoms with Gasteiger partial charge in [0.2, 0.25) is 0 Å². The lowest BCUT2D eigenvalue weighted by Crippen LogP contribution is -2.24. The molecule has 0 unspecified atom stereocenters. The largest absolute Gasteiger partial charge is 0.449 e. The van der Waals surface area contributed by atoms with Gasteiger partial charge in [-0.05, 0) is 45.2 Å². The van der Waals surface area contributed by atoms with Crippen molar-refractivity contribution in [2.24, 2.45) is 5.92 Å². The highest BCUT2D eigenvalue weighted by atomic mass is 32.2. The third kappa shape index (κ3) is 4.62. The van der Waals surface area contributed by atoms with Crippen LogP contribution in [0.1, 0.15) is 30.8 Å². The Bertz CT molecular complexity index is 482. The van der Waals surface area contributed by atoms with Crippen LogP contribution in [-0.2, 0) is 22.7 Å². The van der Waals surface area contributed by atoms with Crippen LogP contribution in [0.4, 0.5) is 0 Å². The lowest BCUT2D eigenvalue weighted by molar-refractivity contribution is 0.399. The Kier molecular flexibility index (Phi) is 4.99. The molecule has 0 aliphatic carbocycles. The van der Waals surface area contributed by atoms with Crippen molar-refractivity contribution in [2.75, 3.05) is 25.1 Å². The van der Waals surface area contributed by atoms with E-state index in [2.05, 4.69) is 10.3 Å². The van der Waals surface area contributed by atoms with Crippen molar-refractivity contribution in [2.45, 2.75) is 32.1 Å². The zero-order chi connectivity index (χ0) is 13.7. The molecule has 0 amide bonds. The van der Waals surface area contributed by atoms with Crippen molar-refractivity contribution in [1.29, 1.82) is 0 Å². The second-order valence-electron chi connectivity index (χ2n) is 5.24. The van der Waals surface area contributed by atoms with Gasteiger partial charge in [-0.15, -0.1) is 0 Å². The molecule has 0 atom stereocenters. The highest BCUT2D eigenvalue weighted by molar-refractivity contribution is 7.91. The first-order chi connectivity index (χ1) is 9.09. The van der Waals surface area contributed by atoms with E-state index in [1.54, 1.807) is 6.26 Å². The molecular formula is C13H22N2O3S. The summed E-state index contributed by atoms with van der Waals surface area (Å²) in [6.45, 7) is 0.975. The van der Waals surface area contributed by atoms with Crippen LogP contribution >= 0.6 is 0 Å². The minimum atomic E-state index is -2.78. The van der Waals surface area contributed by atoms with E-state index in [0.29, 0.717) is 17.4 Å². The van der Waals surface area contributed by atoms with Gasteiger partial charge in [0, 0.05) is 6.42 Å². The zero-order valence-corrected chi connectivity index (χ0v) is 12.2. The topological polar surface area (TPSA) is 72.2 Å². The van der Waals surface area contributed by atoms with Gasteiger partial charge in [0.25, 0.3) is 0 Å². The summed E-state index contributed by atoms with van der Waals surface area (Å²) in [5, 5.41) is 3.10. The normalized spacial score (nSPS) is 19.6. The fourth-order valence-corrected chi connectivity index (χ4v) is 3.98. The van der Waals surface area contributed by atoms with Gasteiger partial charge in [-0.25, -0.2) is 13.4 Å². The lowest BCUT2D eigenvalue weighted by atomic mass is 9.99. The second-order valence-corrected chi connectivity index (χ2v) is 7.54. The molecule has 19 heavy (non-hydrogen) atoms. The summed E-state index contributed by atoms with van der Waals surface area (Å²) in [6.07, 6.45) is 5.93. The minimum Gasteiger partial charge on any atom is -0.449 e. The number of oxazole rings is 1. The minimum absolute atomic E-state index is 0.313. The van der Waals surface area contributed by atoms with Crippen LogP contribution in [0.25, 0.3) is 0 Å². The number of aromatic nitrogens is 1. The van der Waals surface area contributed by atoms with E-state index in [1.807, 2.05) is 7.05 Å². The van der Waals surface area contributed by atoms with E-state index in [-0.39, 0.29) is 0 Å².